The minimum Gasteiger partial charge on any atom is -0.355 e. The Balaban J connectivity index is 2.11. The normalized spacial score (nSPS) is 11.9. The number of likely N-dealkylation sites (N-methyl/N-ethyl adjacent to an activating group) is 1. The van der Waals surface area contributed by atoms with Gasteiger partial charge < -0.3 is 10.2 Å². The van der Waals surface area contributed by atoms with Crippen LogP contribution in [0.5, 0.6) is 0 Å². The van der Waals surface area contributed by atoms with Crippen molar-refractivity contribution in [2.24, 2.45) is 0 Å². The topological polar surface area (TPSA) is 49.4 Å². The summed E-state index contributed by atoms with van der Waals surface area (Å²) >= 11 is 3.47. The highest BCUT2D eigenvalue weighted by atomic mass is 79.9. The van der Waals surface area contributed by atoms with Crippen LogP contribution in [0.1, 0.15) is 56.7 Å². The zero-order valence-electron chi connectivity index (χ0n) is 17.7. The van der Waals surface area contributed by atoms with Gasteiger partial charge in [0, 0.05) is 24.0 Å². The van der Waals surface area contributed by atoms with Gasteiger partial charge in [0.1, 0.15) is 6.04 Å². The van der Waals surface area contributed by atoms with Gasteiger partial charge in [-0.05, 0) is 55.0 Å². The Labute approximate surface area is 182 Å². The minimum atomic E-state index is -0.523. The SMILES string of the molecule is CCNC(=O)C(C)N(Cc1cccc(Br)c1)C(=O)CCc1ccc(C(C)C)cc1. The quantitative estimate of drug-likeness (QED) is 0.570. The lowest BCUT2D eigenvalue weighted by Crippen LogP contribution is -2.47. The van der Waals surface area contributed by atoms with Crippen molar-refractivity contribution in [3.63, 3.8) is 0 Å². The summed E-state index contributed by atoms with van der Waals surface area (Å²) in [5.74, 6) is 0.345. The Bertz CT molecular complexity index is 818. The number of carbonyl (C=O) groups excluding carboxylic acids is 2. The Morgan fingerprint density at radius 3 is 2.31 bits per heavy atom. The lowest BCUT2D eigenvalue weighted by atomic mass is 10.00. The average Bonchev–Trinajstić information content (AvgIpc) is 2.70. The van der Waals surface area contributed by atoms with Crippen molar-refractivity contribution in [2.75, 3.05) is 6.54 Å². The van der Waals surface area contributed by atoms with Crippen LogP contribution in [0.2, 0.25) is 0 Å². The number of halogens is 1. The molecular formula is C24H31BrN2O2. The molecule has 2 aromatic carbocycles. The van der Waals surface area contributed by atoms with Crippen LogP contribution in [0.3, 0.4) is 0 Å². The van der Waals surface area contributed by atoms with E-state index in [2.05, 4.69) is 59.4 Å². The molecule has 0 saturated heterocycles. The maximum Gasteiger partial charge on any atom is 0.242 e. The molecule has 1 unspecified atom stereocenters. The van der Waals surface area contributed by atoms with Crippen molar-refractivity contribution < 1.29 is 9.59 Å². The van der Waals surface area contributed by atoms with Crippen molar-refractivity contribution in [2.45, 2.75) is 59.0 Å². The highest BCUT2D eigenvalue weighted by molar-refractivity contribution is 9.10. The molecule has 0 aliphatic heterocycles. The van der Waals surface area contributed by atoms with Gasteiger partial charge >= 0.3 is 0 Å². The van der Waals surface area contributed by atoms with Crippen molar-refractivity contribution in [3.05, 3.63) is 69.7 Å². The lowest BCUT2D eigenvalue weighted by Gasteiger charge is -2.29. The number of nitrogens with one attached hydrogen (secondary N) is 1. The second kappa shape index (κ2) is 11.1. The Morgan fingerprint density at radius 2 is 1.72 bits per heavy atom. The average molecular weight is 459 g/mol. The number of amides is 2. The molecule has 1 atom stereocenters. The van der Waals surface area contributed by atoms with Crippen LogP contribution < -0.4 is 5.32 Å². The maximum absolute atomic E-state index is 13.1. The van der Waals surface area contributed by atoms with Crippen molar-refractivity contribution >= 4 is 27.7 Å². The van der Waals surface area contributed by atoms with Crippen molar-refractivity contribution in [1.29, 1.82) is 0 Å². The molecule has 0 heterocycles. The Hall–Kier alpha value is -2.14. The first kappa shape index (κ1) is 23.1. The van der Waals surface area contributed by atoms with E-state index in [1.165, 1.54) is 5.56 Å². The van der Waals surface area contributed by atoms with E-state index in [0.717, 1.165) is 15.6 Å². The molecule has 0 aromatic heterocycles. The van der Waals surface area contributed by atoms with E-state index in [-0.39, 0.29) is 11.8 Å². The molecule has 156 valence electrons. The van der Waals surface area contributed by atoms with Gasteiger partial charge in [-0.25, -0.2) is 0 Å². The van der Waals surface area contributed by atoms with E-state index in [4.69, 9.17) is 0 Å². The molecule has 2 rings (SSSR count). The molecule has 4 nitrogen and oxygen atoms in total. The summed E-state index contributed by atoms with van der Waals surface area (Å²) in [6.45, 7) is 8.96. The Kier molecular flexibility index (Phi) is 8.90. The summed E-state index contributed by atoms with van der Waals surface area (Å²) in [6, 6.07) is 15.8. The number of hydrogen-bond acceptors (Lipinski definition) is 2. The fourth-order valence-corrected chi connectivity index (χ4v) is 3.65. The van der Waals surface area contributed by atoms with Gasteiger partial charge in [0.15, 0.2) is 0 Å². The van der Waals surface area contributed by atoms with Gasteiger partial charge in [-0.3, -0.25) is 9.59 Å². The van der Waals surface area contributed by atoms with E-state index < -0.39 is 6.04 Å². The van der Waals surface area contributed by atoms with Gasteiger partial charge in [0.05, 0.1) is 0 Å². The molecular weight excluding hydrogens is 428 g/mol. The van der Waals surface area contributed by atoms with Crippen LogP contribution in [0.25, 0.3) is 0 Å². The van der Waals surface area contributed by atoms with Gasteiger partial charge in [-0.1, -0.05) is 66.2 Å². The third-order valence-corrected chi connectivity index (χ3v) is 5.53. The van der Waals surface area contributed by atoms with Gasteiger partial charge in [0.2, 0.25) is 11.8 Å². The number of aryl methyl sites for hydroxylation is 1. The number of nitrogens with zero attached hydrogens (tertiary/aromatic N) is 1. The highest BCUT2D eigenvalue weighted by Gasteiger charge is 2.25. The standard InChI is InChI=1S/C24H31BrN2O2/c1-5-26-24(29)18(4)27(16-20-7-6-8-22(25)15-20)23(28)14-11-19-9-12-21(13-10-19)17(2)3/h6-10,12-13,15,17-18H,5,11,14,16H2,1-4H3,(H,26,29). The van der Waals surface area contributed by atoms with Crippen LogP contribution in [-0.2, 0) is 22.6 Å². The fraction of sp³-hybridized carbons (Fsp3) is 0.417. The molecule has 0 fully saturated rings. The third kappa shape index (κ3) is 7.00. The van der Waals surface area contributed by atoms with Gasteiger partial charge in [0.25, 0.3) is 0 Å². The van der Waals surface area contributed by atoms with E-state index in [0.29, 0.717) is 31.8 Å². The molecule has 29 heavy (non-hydrogen) atoms. The summed E-state index contributed by atoms with van der Waals surface area (Å²) in [4.78, 5) is 27.1. The Morgan fingerprint density at radius 1 is 1.03 bits per heavy atom. The zero-order chi connectivity index (χ0) is 21.4. The number of benzene rings is 2. The van der Waals surface area contributed by atoms with Crippen molar-refractivity contribution in [3.8, 4) is 0 Å². The molecule has 0 spiro atoms. The second-order valence-corrected chi connectivity index (χ2v) is 8.53. The third-order valence-electron chi connectivity index (χ3n) is 5.03. The molecule has 0 saturated carbocycles. The monoisotopic (exact) mass is 458 g/mol. The lowest BCUT2D eigenvalue weighted by molar-refractivity contribution is -0.140. The molecule has 0 radical (unpaired) electrons. The first-order valence-corrected chi connectivity index (χ1v) is 11.0. The fourth-order valence-electron chi connectivity index (χ4n) is 3.20. The molecule has 2 amide bonds. The smallest absolute Gasteiger partial charge is 0.242 e. The minimum absolute atomic E-state index is 0.0170. The van der Waals surface area contributed by atoms with Crippen LogP contribution in [0, 0.1) is 0 Å². The first-order chi connectivity index (χ1) is 13.8. The number of rotatable bonds is 9. The molecule has 1 N–H and O–H groups in total. The predicted molar refractivity (Wildman–Crippen MR) is 122 cm³/mol. The van der Waals surface area contributed by atoms with E-state index in [1.54, 1.807) is 11.8 Å². The van der Waals surface area contributed by atoms with E-state index in [1.807, 2.05) is 31.2 Å². The van der Waals surface area contributed by atoms with Crippen molar-refractivity contribution in [1.82, 2.24) is 10.2 Å². The molecule has 2 aromatic rings. The molecule has 5 heteroatoms. The van der Waals surface area contributed by atoms with Crippen LogP contribution in [0.15, 0.2) is 53.0 Å². The molecule has 0 bridgehead atoms. The predicted octanol–water partition coefficient (Wildman–Crippen LogP) is 5.06. The van der Waals surface area contributed by atoms with Crippen LogP contribution in [-0.4, -0.2) is 29.3 Å². The van der Waals surface area contributed by atoms with E-state index in [9.17, 15) is 9.59 Å². The summed E-state index contributed by atoms with van der Waals surface area (Å²) in [5.41, 5.74) is 3.42. The summed E-state index contributed by atoms with van der Waals surface area (Å²) in [5, 5.41) is 2.83. The van der Waals surface area contributed by atoms with Gasteiger partial charge in [-0.15, -0.1) is 0 Å². The largest absolute Gasteiger partial charge is 0.355 e. The van der Waals surface area contributed by atoms with Gasteiger partial charge in [-0.2, -0.15) is 0 Å². The molecule has 0 aliphatic rings. The second-order valence-electron chi connectivity index (χ2n) is 7.62. The first-order valence-electron chi connectivity index (χ1n) is 10.2. The number of carbonyl (C=O) groups is 2. The van der Waals surface area contributed by atoms with Crippen LogP contribution >= 0.6 is 15.9 Å². The summed E-state index contributed by atoms with van der Waals surface area (Å²) in [6.07, 6.45) is 1.03. The van der Waals surface area contributed by atoms with E-state index >= 15 is 0 Å². The highest BCUT2D eigenvalue weighted by Crippen LogP contribution is 2.18. The maximum atomic E-state index is 13.1. The number of hydrogen-bond donors (Lipinski definition) is 1. The summed E-state index contributed by atoms with van der Waals surface area (Å²) in [7, 11) is 0. The summed E-state index contributed by atoms with van der Waals surface area (Å²) < 4.78 is 0.957. The van der Waals surface area contributed by atoms with Crippen LogP contribution in [0.4, 0.5) is 0 Å². The molecule has 0 aliphatic carbocycles. The zero-order valence-corrected chi connectivity index (χ0v) is 19.3.